The van der Waals surface area contributed by atoms with Crippen LogP contribution in [0.4, 0.5) is 5.69 Å². The van der Waals surface area contributed by atoms with Gasteiger partial charge in [-0.2, -0.15) is 0 Å². The van der Waals surface area contributed by atoms with Gasteiger partial charge in [-0.15, -0.1) is 11.3 Å². The molecule has 0 spiro atoms. The van der Waals surface area contributed by atoms with Crippen molar-refractivity contribution >= 4 is 17.0 Å². The molecule has 0 atom stereocenters. The number of thiazole rings is 1. The molecule has 4 heteroatoms. The van der Waals surface area contributed by atoms with Crippen molar-refractivity contribution in [3.8, 4) is 11.3 Å². The van der Waals surface area contributed by atoms with Gasteiger partial charge in [-0.05, 0) is 12.1 Å². The van der Waals surface area contributed by atoms with E-state index >= 15 is 0 Å². The Labute approximate surface area is 98.1 Å². The summed E-state index contributed by atoms with van der Waals surface area (Å²) in [5, 5.41) is 5.21. The fourth-order valence-electron chi connectivity index (χ4n) is 1.70. The number of aromatic nitrogens is 1. The molecule has 3 rings (SSSR count). The van der Waals surface area contributed by atoms with E-state index in [1.54, 1.807) is 11.3 Å². The highest BCUT2D eigenvalue weighted by Crippen LogP contribution is 2.23. The minimum Gasteiger partial charge on any atom is -0.372 e. The van der Waals surface area contributed by atoms with E-state index in [1.807, 2.05) is 17.9 Å². The molecule has 1 aliphatic rings. The largest absolute Gasteiger partial charge is 0.372 e. The maximum atomic E-state index is 4.29. The topological polar surface area (TPSA) is 28.2 Å². The van der Waals surface area contributed by atoms with Crippen LogP contribution in [0, 0.1) is 0 Å². The summed E-state index contributed by atoms with van der Waals surface area (Å²) in [4.78, 5) is 6.45. The first-order valence-corrected chi connectivity index (χ1v) is 6.03. The summed E-state index contributed by atoms with van der Waals surface area (Å²) >= 11 is 1.62. The minimum absolute atomic E-state index is 0.843. The fourth-order valence-corrected chi connectivity index (χ4v) is 2.26. The van der Waals surface area contributed by atoms with Crippen molar-refractivity contribution in [1.29, 1.82) is 0 Å². The average Bonchev–Trinajstić information content (AvgIpc) is 3.03. The second kappa shape index (κ2) is 3.98. The lowest BCUT2D eigenvalue weighted by Gasteiger charge is -2.14. The molecule has 1 aromatic heterocycles. The predicted octanol–water partition coefficient (Wildman–Crippen LogP) is 2.65. The predicted molar refractivity (Wildman–Crippen MR) is 67.2 cm³/mol. The van der Waals surface area contributed by atoms with Crippen molar-refractivity contribution < 1.29 is 0 Å². The Balaban J connectivity index is 1.87. The van der Waals surface area contributed by atoms with Gasteiger partial charge in [-0.3, -0.25) is 0 Å². The maximum Gasteiger partial charge on any atom is 0.0916 e. The Bertz CT molecular complexity index is 487. The standard InChI is InChI=1S/C12H11N3S/c1-3-11(15-6-5-13-8-15)4-2-10(1)12-7-16-9-14-12/h1-7,9,13H,8H2. The minimum atomic E-state index is 0.843. The maximum absolute atomic E-state index is 4.29. The van der Waals surface area contributed by atoms with Crippen molar-refractivity contribution in [3.05, 3.63) is 47.6 Å². The van der Waals surface area contributed by atoms with Crippen LogP contribution in [0.2, 0.25) is 0 Å². The molecule has 3 nitrogen and oxygen atoms in total. The lowest BCUT2D eigenvalue weighted by atomic mass is 10.1. The molecule has 80 valence electrons. The Morgan fingerprint density at radius 2 is 2.12 bits per heavy atom. The van der Waals surface area contributed by atoms with E-state index < -0.39 is 0 Å². The monoisotopic (exact) mass is 229 g/mol. The van der Waals surface area contributed by atoms with Gasteiger partial charge in [0.05, 0.1) is 17.9 Å². The molecule has 0 unspecified atom stereocenters. The summed E-state index contributed by atoms with van der Waals surface area (Å²) in [5.41, 5.74) is 5.27. The van der Waals surface area contributed by atoms with Crippen molar-refractivity contribution in [2.75, 3.05) is 11.6 Å². The molecule has 0 amide bonds. The SMILES string of the molecule is C1=CN(c2ccc(-c3cscn3)cc2)CN1. The van der Waals surface area contributed by atoms with Gasteiger partial charge in [-0.1, -0.05) is 12.1 Å². The summed E-state index contributed by atoms with van der Waals surface area (Å²) in [6, 6.07) is 8.45. The Hall–Kier alpha value is -1.81. The van der Waals surface area contributed by atoms with E-state index in [-0.39, 0.29) is 0 Å². The summed E-state index contributed by atoms with van der Waals surface area (Å²) < 4.78 is 0. The molecule has 2 heterocycles. The van der Waals surface area contributed by atoms with E-state index in [2.05, 4.69) is 44.8 Å². The van der Waals surface area contributed by atoms with Crippen LogP contribution in [0.1, 0.15) is 0 Å². The van der Waals surface area contributed by atoms with Crippen LogP contribution in [-0.2, 0) is 0 Å². The first-order chi connectivity index (χ1) is 7.93. The van der Waals surface area contributed by atoms with Crippen LogP contribution in [-0.4, -0.2) is 11.7 Å². The normalized spacial score (nSPS) is 14.1. The highest BCUT2D eigenvalue weighted by atomic mass is 32.1. The summed E-state index contributed by atoms with van der Waals surface area (Å²) in [6.45, 7) is 0.843. The molecular formula is C12H11N3S. The lowest BCUT2D eigenvalue weighted by Crippen LogP contribution is -2.19. The summed E-state index contributed by atoms with van der Waals surface area (Å²) in [6.07, 6.45) is 3.99. The molecule has 1 aromatic carbocycles. The number of nitrogens with one attached hydrogen (secondary N) is 1. The highest BCUT2D eigenvalue weighted by Gasteiger charge is 2.06. The first kappa shape index (κ1) is 9.42. The van der Waals surface area contributed by atoms with Crippen LogP contribution in [0.5, 0.6) is 0 Å². The number of hydrogen-bond donors (Lipinski definition) is 1. The molecule has 0 radical (unpaired) electrons. The second-order valence-electron chi connectivity index (χ2n) is 3.57. The van der Waals surface area contributed by atoms with Crippen LogP contribution in [0.25, 0.3) is 11.3 Å². The zero-order valence-corrected chi connectivity index (χ0v) is 9.45. The molecule has 0 saturated carbocycles. The lowest BCUT2D eigenvalue weighted by molar-refractivity contribution is 0.901. The Morgan fingerprint density at radius 1 is 1.25 bits per heavy atom. The third kappa shape index (κ3) is 1.67. The molecule has 0 saturated heterocycles. The molecule has 0 fully saturated rings. The first-order valence-electron chi connectivity index (χ1n) is 5.09. The molecule has 1 aliphatic heterocycles. The zero-order chi connectivity index (χ0) is 10.8. The number of rotatable bonds is 2. The summed E-state index contributed by atoms with van der Waals surface area (Å²) in [5.74, 6) is 0. The van der Waals surface area contributed by atoms with Crippen molar-refractivity contribution in [3.63, 3.8) is 0 Å². The van der Waals surface area contributed by atoms with E-state index in [0.29, 0.717) is 0 Å². The van der Waals surface area contributed by atoms with Gasteiger partial charge < -0.3 is 10.2 Å². The molecule has 0 bridgehead atoms. The van der Waals surface area contributed by atoms with E-state index in [4.69, 9.17) is 0 Å². The molecule has 1 N–H and O–H groups in total. The van der Waals surface area contributed by atoms with Crippen LogP contribution < -0.4 is 10.2 Å². The molecule has 2 aromatic rings. The number of hydrogen-bond acceptors (Lipinski definition) is 4. The van der Waals surface area contributed by atoms with Gasteiger partial charge in [0, 0.05) is 29.0 Å². The number of nitrogens with zero attached hydrogens (tertiary/aromatic N) is 2. The third-order valence-electron chi connectivity index (χ3n) is 2.56. The fraction of sp³-hybridized carbons (Fsp3) is 0.0833. The van der Waals surface area contributed by atoms with Gasteiger partial charge in [0.1, 0.15) is 0 Å². The van der Waals surface area contributed by atoms with E-state index in [0.717, 1.165) is 12.4 Å². The Morgan fingerprint density at radius 3 is 2.75 bits per heavy atom. The van der Waals surface area contributed by atoms with Crippen molar-refractivity contribution in [2.45, 2.75) is 0 Å². The third-order valence-corrected chi connectivity index (χ3v) is 3.15. The second-order valence-corrected chi connectivity index (χ2v) is 4.29. The van der Waals surface area contributed by atoms with Gasteiger partial charge in [0.2, 0.25) is 0 Å². The van der Waals surface area contributed by atoms with E-state index in [1.165, 1.54) is 11.3 Å². The number of anilines is 1. The van der Waals surface area contributed by atoms with Gasteiger partial charge >= 0.3 is 0 Å². The quantitative estimate of drug-likeness (QED) is 0.858. The van der Waals surface area contributed by atoms with Gasteiger partial charge in [0.15, 0.2) is 0 Å². The van der Waals surface area contributed by atoms with Gasteiger partial charge in [-0.25, -0.2) is 4.98 Å². The van der Waals surface area contributed by atoms with E-state index in [9.17, 15) is 0 Å². The Kier molecular flexibility index (Phi) is 2.34. The van der Waals surface area contributed by atoms with Gasteiger partial charge in [0.25, 0.3) is 0 Å². The smallest absolute Gasteiger partial charge is 0.0916 e. The highest BCUT2D eigenvalue weighted by molar-refractivity contribution is 7.07. The van der Waals surface area contributed by atoms with Crippen molar-refractivity contribution in [1.82, 2.24) is 10.3 Å². The van der Waals surface area contributed by atoms with Crippen molar-refractivity contribution in [2.24, 2.45) is 0 Å². The van der Waals surface area contributed by atoms with Crippen LogP contribution in [0.3, 0.4) is 0 Å². The number of benzene rings is 1. The summed E-state index contributed by atoms with van der Waals surface area (Å²) in [7, 11) is 0. The van der Waals surface area contributed by atoms with Crippen LogP contribution >= 0.6 is 11.3 Å². The molecule has 16 heavy (non-hydrogen) atoms. The zero-order valence-electron chi connectivity index (χ0n) is 8.63. The average molecular weight is 229 g/mol. The molecule has 0 aliphatic carbocycles. The molecular weight excluding hydrogens is 218 g/mol. The van der Waals surface area contributed by atoms with Crippen LogP contribution in [0.15, 0.2) is 47.6 Å².